The highest BCUT2D eigenvalue weighted by Crippen LogP contribution is 2.59. The van der Waals surface area contributed by atoms with Crippen LogP contribution >= 0.6 is 0 Å². The summed E-state index contributed by atoms with van der Waals surface area (Å²) in [6, 6.07) is 0. The Kier molecular flexibility index (Phi) is 6.73. The van der Waals surface area contributed by atoms with E-state index in [9.17, 15) is 0 Å². The maximum atomic E-state index is 6.71. The largest absolute Gasteiger partial charge is 0.414 e. The first kappa shape index (κ1) is 23.8. The Labute approximate surface area is 183 Å². The van der Waals surface area contributed by atoms with Crippen LogP contribution in [-0.2, 0) is 8.85 Å². The predicted molar refractivity (Wildman–Crippen MR) is 130 cm³/mol. The Hall–Kier alpha value is 0.0938. The Balaban J connectivity index is 1.62. The summed E-state index contributed by atoms with van der Waals surface area (Å²) in [5.74, 6) is 3.12. The molecule has 168 valence electrons. The van der Waals surface area contributed by atoms with Crippen LogP contribution in [0.5, 0.6) is 0 Å². The first-order chi connectivity index (χ1) is 13.2. The minimum Gasteiger partial charge on any atom is -0.414 e. The van der Waals surface area contributed by atoms with Gasteiger partial charge in [0.05, 0.1) is 5.60 Å². The van der Waals surface area contributed by atoms with E-state index in [1.54, 1.807) is 0 Å². The molecule has 0 aromatic carbocycles. The molecule has 0 heterocycles. The molecule has 0 saturated heterocycles. The average Bonchev–Trinajstić information content (AvgIpc) is 3.04. The number of allylic oxidation sites excluding steroid dienone is 1. The maximum Gasteiger partial charge on any atom is 0.184 e. The van der Waals surface area contributed by atoms with E-state index in [-0.39, 0.29) is 5.60 Å². The number of hydrogen-bond acceptors (Lipinski definition) is 2. The smallest absolute Gasteiger partial charge is 0.184 e. The number of rotatable bonds is 7. The standard InChI is InChI=1S/C25H48O2Si2/c1-19(17-20-14-16-24(2,18-20)27-29(7,8)9)21-12-13-22-23(26-28(4,5)6)11-10-15-25(21,22)3/h14,16,19-23H,10-13,15,17-18H2,1-9H3/t19-,20-,21-,22?,23?,24+,25+/m1/s1. The van der Waals surface area contributed by atoms with Crippen molar-refractivity contribution < 1.29 is 8.85 Å². The maximum absolute atomic E-state index is 6.71. The van der Waals surface area contributed by atoms with E-state index < -0.39 is 16.6 Å². The lowest BCUT2D eigenvalue weighted by atomic mass is 9.61. The van der Waals surface area contributed by atoms with Gasteiger partial charge in [0, 0.05) is 6.10 Å². The lowest BCUT2D eigenvalue weighted by molar-refractivity contribution is -0.0199. The van der Waals surface area contributed by atoms with E-state index in [1.165, 1.54) is 44.9 Å². The second-order valence-electron chi connectivity index (χ2n) is 13.0. The fourth-order valence-electron chi connectivity index (χ4n) is 7.27. The molecule has 0 aromatic rings. The first-order valence-electron chi connectivity index (χ1n) is 12.3. The highest BCUT2D eigenvalue weighted by molar-refractivity contribution is 6.70. The lowest BCUT2D eigenvalue weighted by Crippen LogP contribution is -2.46. The molecule has 7 atom stereocenters. The molecule has 0 radical (unpaired) electrons. The molecule has 0 bridgehead atoms. The minimum atomic E-state index is -1.51. The molecule has 0 aromatic heterocycles. The highest BCUT2D eigenvalue weighted by Gasteiger charge is 2.53. The summed E-state index contributed by atoms with van der Waals surface area (Å²) in [5, 5.41) is 0. The van der Waals surface area contributed by atoms with E-state index in [2.05, 4.69) is 72.2 Å². The lowest BCUT2D eigenvalue weighted by Gasteiger charge is -2.48. The van der Waals surface area contributed by atoms with Crippen molar-refractivity contribution in [1.29, 1.82) is 0 Å². The predicted octanol–water partition coefficient (Wildman–Crippen LogP) is 7.64. The van der Waals surface area contributed by atoms with Crippen LogP contribution in [0.3, 0.4) is 0 Å². The molecule has 29 heavy (non-hydrogen) atoms. The van der Waals surface area contributed by atoms with Crippen LogP contribution < -0.4 is 0 Å². The second-order valence-corrected chi connectivity index (χ2v) is 21.9. The van der Waals surface area contributed by atoms with E-state index in [1.807, 2.05) is 0 Å². The van der Waals surface area contributed by atoms with Gasteiger partial charge in [-0.15, -0.1) is 0 Å². The zero-order valence-corrected chi connectivity index (χ0v) is 22.8. The van der Waals surface area contributed by atoms with Crippen molar-refractivity contribution in [2.75, 3.05) is 0 Å². The van der Waals surface area contributed by atoms with Gasteiger partial charge in [0.25, 0.3) is 0 Å². The third-order valence-corrected chi connectivity index (χ3v) is 10.0. The third-order valence-electron chi connectivity index (χ3n) is 7.93. The molecule has 3 aliphatic carbocycles. The summed E-state index contributed by atoms with van der Waals surface area (Å²) in [5.41, 5.74) is 0.459. The molecule has 4 heteroatoms. The minimum absolute atomic E-state index is 0.0297. The van der Waals surface area contributed by atoms with Gasteiger partial charge in [0.2, 0.25) is 0 Å². The quantitative estimate of drug-likeness (QED) is 0.301. The normalized spacial score (nSPS) is 41.6. The van der Waals surface area contributed by atoms with Gasteiger partial charge in [-0.2, -0.15) is 0 Å². The fourth-order valence-corrected chi connectivity index (χ4v) is 10.0. The third kappa shape index (κ3) is 5.67. The van der Waals surface area contributed by atoms with E-state index in [0.717, 1.165) is 17.8 Å². The van der Waals surface area contributed by atoms with Crippen molar-refractivity contribution in [2.24, 2.45) is 29.1 Å². The van der Waals surface area contributed by atoms with Gasteiger partial charge < -0.3 is 8.85 Å². The SMILES string of the molecule is C[C@H](C[C@H]1C=C[C@](C)(O[Si](C)(C)C)C1)[C@H]1CCC2C(O[Si](C)(C)C)CCC[C@]21C. The Morgan fingerprint density at radius 1 is 1.00 bits per heavy atom. The molecule has 0 amide bonds. The van der Waals surface area contributed by atoms with Crippen molar-refractivity contribution in [3.63, 3.8) is 0 Å². The van der Waals surface area contributed by atoms with Crippen LogP contribution in [-0.4, -0.2) is 28.3 Å². The number of fused-ring (bicyclic) bond motifs is 1. The van der Waals surface area contributed by atoms with Gasteiger partial charge in [0.15, 0.2) is 16.6 Å². The van der Waals surface area contributed by atoms with Crippen LogP contribution in [0.2, 0.25) is 39.3 Å². The Bertz CT molecular complexity index is 605. The van der Waals surface area contributed by atoms with E-state index in [0.29, 0.717) is 17.4 Å². The molecular formula is C25H48O2Si2. The van der Waals surface area contributed by atoms with Crippen molar-refractivity contribution in [3.8, 4) is 0 Å². The monoisotopic (exact) mass is 436 g/mol. The summed E-state index contributed by atoms with van der Waals surface area (Å²) < 4.78 is 13.2. The fraction of sp³-hybridized carbons (Fsp3) is 0.920. The molecule has 2 nitrogen and oxygen atoms in total. The van der Waals surface area contributed by atoms with Crippen LogP contribution in [0.1, 0.15) is 65.7 Å². The zero-order valence-electron chi connectivity index (χ0n) is 20.8. The summed E-state index contributed by atoms with van der Waals surface area (Å²) in [6.07, 6.45) is 14.7. The van der Waals surface area contributed by atoms with E-state index >= 15 is 0 Å². The van der Waals surface area contributed by atoms with Crippen LogP contribution in [0, 0.1) is 29.1 Å². The van der Waals surface area contributed by atoms with Gasteiger partial charge in [0.1, 0.15) is 0 Å². The molecule has 0 aliphatic heterocycles. The summed E-state index contributed by atoms with van der Waals surface area (Å²) in [7, 11) is -2.99. The van der Waals surface area contributed by atoms with Gasteiger partial charge in [-0.25, -0.2) is 0 Å². The summed E-state index contributed by atoms with van der Waals surface area (Å²) in [4.78, 5) is 0. The molecule has 0 N–H and O–H groups in total. The average molecular weight is 437 g/mol. The van der Waals surface area contributed by atoms with Crippen molar-refractivity contribution in [2.45, 2.75) is 117 Å². The van der Waals surface area contributed by atoms with Crippen LogP contribution in [0.25, 0.3) is 0 Å². The van der Waals surface area contributed by atoms with Crippen molar-refractivity contribution in [1.82, 2.24) is 0 Å². The summed E-state index contributed by atoms with van der Waals surface area (Å²) in [6.45, 7) is 21.5. The first-order valence-corrected chi connectivity index (χ1v) is 19.1. The molecular weight excluding hydrogens is 388 g/mol. The van der Waals surface area contributed by atoms with E-state index in [4.69, 9.17) is 8.85 Å². The second kappa shape index (κ2) is 8.22. The summed E-state index contributed by atoms with van der Waals surface area (Å²) >= 11 is 0. The molecule has 2 fully saturated rings. The molecule has 2 unspecified atom stereocenters. The molecule has 3 rings (SSSR count). The Morgan fingerprint density at radius 3 is 2.31 bits per heavy atom. The topological polar surface area (TPSA) is 18.5 Å². The zero-order chi connectivity index (χ0) is 21.7. The van der Waals surface area contributed by atoms with Crippen LogP contribution in [0.15, 0.2) is 12.2 Å². The van der Waals surface area contributed by atoms with Gasteiger partial charge in [-0.05, 0) is 114 Å². The van der Waals surface area contributed by atoms with Gasteiger partial charge >= 0.3 is 0 Å². The molecule has 3 aliphatic rings. The van der Waals surface area contributed by atoms with Gasteiger partial charge in [-0.3, -0.25) is 0 Å². The molecule has 2 saturated carbocycles. The molecule has 0 spiro atoms. The number of hydrogen-bond donors (Lipinski definition) is 0. The Morgan fingerprint density at radius 2 is 1.69 bits per heavy atom. The highest BCUT2D eigenvalue weighted by atomic mass is 28.4. The van der Waals surface area contributed by atoms with Crippen molar-refractivity contribution in [3.05, 3.63) is 12.2 Å². The van der Waals surface area contributed by atoms with Crippen molar-refractivity contribution >= 4 is 16.6 Å². The van der Waals surface area contributed by atoms with Crippen LogP contribution in [0.4, 0.5) is 0 Å². The van der Waals surface area contributed by atoms with Gasteiger partial charge in [-0.1, -0.05) is 32.4 Å².